The fraction of sp³-hybridized carbons (Fsp3) is 0.421. The van der Waals surface area contributed by atoms with E-state index in [0.29, 0.717) is 6.42 Å². The number of benzene rings is 1. The molecule has 0 unspecified atom stereocenters. The first-order valence-corrected chi connectivity index (χ1v) is 8.86. The van der Waals surface area contributed by atoms with Crippen LogP contribution in [0.25, 0.3) is 0 Å². The van der Waals surface area contributed by atoms with Gasteiger partial charge in [0, 0.05) is 12.3 Å². The summed E-state index contributed by atoms with van der Waals surface area (Å²) in [5.41, 5.74) is 0.884. The van der Waals surface area contributed by atoms with E-state index in [-0.39, 0.29) is 12.8 Å². The first kappa shape index (κ1) is 20.9. The Morgan fingerprint density at radius 2 is 1.79 bits per heavy atom. The second kappa shape index (κ2) is 9.50. The second-order valence-corrected chi connectivity index (χ2v) is 6.74. The van der Waals surface area contributed by atoms with E-state index in [9.17, 15) is 19.2 Å². The molecular formula is C19H22N4O5. The SMILES string of the molecule is C[C@@H](C#N)C[C@H](NC(=O)C[C@@H]1NC(=O)[C@H](Cc2ccccc2)NC1=O)C(=O)O. The van der Waals surface area contributed by atoms with Gasteiger partial charge in [-0.3, -0.25) is 14.4 Å². The normalized spacial score (nSPS) is 20.9. The van der Waals surface area contributed by atoms with Gasteiger partial charge in [-0.05, 0) is 18.9 Å². The van der Waals surface area contributed by atoms with Crippen molar-refractivity contribution in [2.75, 3.05) is 0 Å². The number of amides is 3. The van der Waals surface area contributed by atoms with Crippen molar-refractivity contribution >= 4 is 23.7 Å². The maximum absolute atomic E-state index is 12.3. The molecule has 0 radical (unpaired) electrons. The van der Waals surface area contributed by atoms with Crippen LogP contribution >= 0.6 is 0 Å². The standard InChI is InChI=1S/C19H22N4O5/c1-11(10-20)7-15(19(27)28)21-16(24)9-14-18(26)22-13(17(25)23-14)8-12-5-3-2-4-6-12/h2-6,11,13-15H,7-9H2,1H3,(H,21,24)(H,22,26)(H,23,25)(H,27,28)/t11-,13+,14+,15+/m1/s1. The van der Waals surface area contributed by atoms with Gasteiger partial charge in [0.15, 0.2) is 0 Å². The highest BCUT2D eigenvalue weighted by Gasteiger charge is 2.35. The number of carboxylic acid groups (broad SMARTS) is 1. The highest BCUT2D eigenvalue weighted by Crippen LogP contribution is 2.10. The number of hydrogen-bond acceptors (Lipinski definition) is 5. The van der Waals surface area contributed by atoms with Gasteiger partial charge in [0.25, 0.3) is 0 Å². The van der Waals surface area contributed by atoms with E-state index in [0.717, 1.165) is 5.56 Å². The minimum absolute atomic E-state index is 0.0556. The Hall–Kier alpha value is -3.41. The van der Waals surface area contributed by atoms with Crippen molar-refractivity contribution in [1.29, 1.82) is 5.26 Å². The van der Waals surface area contributed by atoms with Gasteiger partial charge in [0.05, 0.1) is 12.5 Å². The molecule has 4 N–H and O–H groups in total. The molecular weight excluding hydrogens is 364 g/mol. The molecule has 0 aliphatic carbocycles. The molecule has 1 aliphatic heterocycles. The van der Waals surface area contributed by atoms with Crippen LogP contribution in [0.2, 0.25) is 0 Å². The van der Waals surface area contributed by atoms with Crippen LogP contribution in [0, 0.1) is 17.2 Å². The van der Waals surface area contributed by atoms with Crippen molar-refractivity contribution in [2.24, 2.45) is 5.92 Å². The van der Waals surface area contributed by atoms with Crippen molar-refractivity contribution in [2.45, 2.75) is 44.3 Å². The van der Waals surface area contributed by atoms with Crippen LogP contribution in [0.5, 0.6) is 0 Å². The molecule has 2 rings (SSSR count). The van der Waals surface area contributed by atoms with Crippen LogP contribution in [0.1, 0.15) is 25.3 Å². The van der Waals surface area contributed by atoms with Crippen LogP contribution in [-0.4, -0.2) is 46.9 Å². The van der Waals surface area contributed by atoms with E-state index in [1.54, 1.807) is 6.92 Å². The van der Waals surface area contributed by atoms with E-state index in [1.807, 2.05) is 36.4 Å². The van der Waals surface area contributed by atoms with Crippen molar-refractivity contribution in [1.82, 2.24) is 16.0 Å². The minimum Gasteiger partial charge on any atom is -0.480 e. The summed E-state index contributed by atoms with van der Waals surface area (Å²) in [6.07, 6.45) is -0.120. The first-order chi connectivity index (χ1) is 13.3. The molecule has 0 spiro atoms. The monoisotopic (exact) mass is 386 g/mol. The summed E-state index contributed by atoms with van der Waals surface area (Å²) >= 11 is 0. The van der Waals surface area contributed by atoms with Gasteiger partial charge in [0.1, 0.15) is 18.1 Å². The van der Waals surface area contributed by atoms with Gasteiger partial charge in [0.2, 0.25) is 17.7 Å². The fourth-order valence-electron chi connectivity index (χ4n) is 2.88. The summed E-state index contributed by atoms with van der Waals surface area (Å²) in [5, 5.41) is 25.4. The van der Waals surface area contributed by atoms with E-state index in [1.165, 1.54) is 0 Å². The molecule has 1 heterocycles. The van der Waals surface area contributed by atoms with Crippen molar-refractivity contribution in [3.05, 3.63) is 35.9 Å². The molecule has 1 aromatic rings. The third-order valence-electron chi connectivity index (χ3n) is 4.38. The van der Waals surface area contributed by atoms with Gasteiger partial charge < -0.3 is 21.1 Å². The topological polar surface area (TPSA) is 148 Å². The molecule has 1 saturated heterocycles. The van der Waals surface area contributed by atoms with Crippen LogP contribution < -0.4 is 16.0 Å². The lowest BCUT2D eigenvalue weighted by molar-refractivity contribution is -0.143. The maximum atomic E-state index is 12.3. The third kappa shape index (κ3) is 5.81. The molecule has 1 aromatic carbocycles. The lowest BCUT2D eigenvalue weighted by Gasteiger charge is -2.29. The molecule has 28 heavy (non-hydrogen) atoms. The lowest BCUT2D eigenvalue weighted by atomic mass is 10.00. The predicted molar refractivity (Wildman–Crippen MR) is 97.6 cm³/mol. The summed E-state index contributed by atoms with van der Waals surface area (Å²) in [6, 6.07) is 8.04. The van der Waals surface area contributed by atoms with Crippen molar-refractivity contribution < 1.29 is 24.3 Å². The summed E-state index contributed by atoms with van der Waals surface area (Å²) in [6.45, 7) is 1.55. The maximum Gasteiger partial charge on any atom is 0.326 e. The lowest BCUT2D eigenvalue weighted by Crippen LogP contribution is -2.63. The van der Waals surface area contributed by atoms with E-state index in [2.05, 4.69) is 16.0 Å². The zero-order valence-corrected chi connectivity index (χ0v) is 15.3. The van der Waals surface area contributed by atoms with E-state index >= 15 is 0 Å². The number of nitrogens with zero attached hydrogens (tertiary/aromatic N) is 1. The van der Waals surface area contributed by atoms with Crippen LogP contribution in [0.4, 0.5) is 0 Å². The molecule has 0 saturated carbocycles. The number of rotatable bonds is 8. The molecule has 0 aromatic heterocycles. The Balaban J connectivity index is 1.91. The summed E-state index contributed by atoms with van der Waals surface area (Å²) < 4.78 is 0. The molecule has 4 atom stereocenters. The van der Waals surface area contributed by atoms with Crippen LogP contribution in [0.15, 0.2) is 30.3 Å². The number of aliphatic carboxylic acids is 1. The molecule has 148 valence electrons. The first-order valence-electron chi connectivity index (χ1n) is 8.86. The van der Waals surface area contributed by atoms with Gasteiger partial charge in [-0.15, -0.1) is 0 Å². The summed E-state index contributed by atoms with van der Waals surface area (Å²) in [5.74, 6) is -3.44. The van der Waals surface area contributed by atoms with E-state index < -0.39 is 47.7 Å². The number of hydrogen-bond donors (Lipinski definition) is 4. The number of carbonyl (C=O) groups excluding carboxylic acids is 3. The largest absolute Gasteiger partial charge is 0.480 e. The Morgan fingerprint density at radius 3 is 2.39 bits per heavy atom. The zero-order valence-electron chi connectivity index (χ0n) is 15.3. The predicted octanol–water partition coefficient (Wildman–Crippen LogP) is -0.278. The zero-order chi connectivity index (χ0) is 20.7. The number of nitrogens with one attached hydrogen (secondary N) is 3. The molecule has 9 nitrogen and oxygen atoms in total. The van der Waals surface area contributed by atoms with Crippen LogP contribution in [-0.2, 0) is 25.6 Å². The third-order valence-corrected chi connectivity index (χ3v) is 4.38. The van der Waals surface area contributed by atoms with Gasteiger partial charge in [-0.2, -0.15) is 5.26 Å². The molecule has 1 fully saturated rings. The summed E-state index contributed by atoms with van der Waals surface area (Å²) in [7, 11) is 0. The molecule has 3 amide bonds. The number of carbonyl (C=O) groups is 4. The molecule has 9 heteroatoms. The average Bonchev–Trinajstić information content (AvgIpc) is 2.65. The Bertz CT molecular complexity index is 789. The molecule has 1 aliphatic rings. The molecule has 0 bridgehead atoms. The highest BCUT2D eigenvalue weighted by molar-refractivity contribution is 5.99. The number of carboxylic acids is 1. The minimum atomic E-state index is -1.27. The average molecular weight is 386 g/mol. The second-order valence-electron chi connectivity index (χ2n) is 6.74. The van der Waals surface area contributed by atoms with Gasteiger partial charge >= 0.3 is 5.97 Å². The number of nitriles is 1. The van der Waals surface area contributed by atoms with Gasteiger partial charge in [-0.1, -0.05) is 30.3 Å². The Kier molecular flexibility index (Phi) is 7.09. The van der Waals surface area contributed by atoms with Gasteiger partial charge in [-0.25, -0.2) is 4.79 Å². The number of piperazine rings is 1. The smallest absolute Gasteiger partial charge is 0.326 e. The Morgan fingerprint density at radius 1 is 1.18 bits per heavy atom. The van der Waals surface area contributed by atoms with Crippen molar-refractivity contribution in [3.8, 4) is 6.07 Å². The van der Waals surface area contributed by atoms with Crippen LogP contribution in [0.3, 0.4) is 0 Å². The highest BCUT2D eigenvalue weighted by atomic mass is 16.4. The fourth-order valence-corrected chi connectivity index (χ4v) is 2.88. The Labute approximate surface area is 162 Å². The summed E-state index contributed by atoms with van der Waals surface area (Å²) in [4.78, 5) is 47.9. The van der Waals surface area contributed by atoms with E-state index in [4.69, 9.17) is 10.4 Å². The quantitative estimate of drug-likeness (QED) is 0.483. The van der Waals surface area contributed by atoms with Crippen molar-refractivity contribution in [3.63, 3.8) is 0 Å².